The van der Waals surface area contributed by atoms with Crippen LogP contribution in [-0.2, 0) is 5.41 Å². The maximum atomic E-state index is 5.42. The van der Waals surface area contributed by atoms with E-state index in [0.717, 1.165) is 33.2 Å². The standard InChI is InChI=1S/C45H27N3S/c1-2-14-28(15-3-1)42-32-18-5-10-22-37(32)46-44(47-42)48-38-23-11-6-16-29(38)30-26-27-36-41(43(30)48)31-17-4-7-19-33(31)45(36)34-20-8-12-24-39(34)49-40-25-13-9-21-35(40)45/h1-27H. The fourth-order valence-electron chi connectivity index (χ4n) is 8.58. The molecular formula is C45H27N3S. The highest BCUT2D eigenvalue weighted by atomic mass is 32.2. The molecule has 49 heavy (non-hydrogen) atoms. The van der Waals surface area contributed by atoms with E-state index in [1.807, 2.05) is 11.8 Å². The van der Waals surface area contributed by atoms with Crippen molar-refractivity contribution in [3.8, 4) is 28.3 Å². The number of nitrogens with zero attached hydrogens (tertiary/aromatic N) is 3. The summed E-state index contributed by atoms with van der Waals surface area (Å²) < 4.78 is 2.33. The van der Waals surface area contributed by atoms with Gasteiger partial charge in [-0.15, -0.1) is 0 Å². The zero-order valence-electron chi connectivity index (χ0n) is 26.3. The van der Waals surface area contributed by atoms with E-state index in [0.29, 0.717) is 5.95 Å². The van der Waals surface area contributed by atoms with Crippen LogP contribution in [0, 0.1) is 0 Å². The molecule has 3 nitrogen and oxygen atoms in total. The quantitative estimate of drug-likeness (QED) is 0.188. The third kappa shape index (κ3) is 3.53. The first-order valence-corrected chi connectivity index (χ1v) is 17.5. The number of benzene rings is 7. The molecule has 1 aliphatic carbocycles. The van der Waals surface area contributed by atoms with Crippen molar-refractivity contribution in [2.75, 3.05) is 0 Å². The van der Waals surface area contributed by atoms with Gasteiger partial charge in [-0.05, 0) is 52.1 Å². The van der Waals surface area contributed by atoms with Gasteiger partial charge in [0.25, 0.3) is 0 Å². The number of fused-ring (bicyclic) bond motifs is 14. The Hall–Kier alpha value is -5.97. The van der Waals surface area contributed by atoms with Gasteiger partial charge in [0.2, 0.25) is 5.95 Å². The first-order valence-electron chi connectivity index (χ1n) is 16.7. The highest BCUT2D eigenvalue weighted by molar-refractivity contribution is 7.99. The maximum absolute atomic E-state index is 5.42. The summed E-state index contributed by atoms with van der Waals surface area (Å²) >= 11 is 1.88. The Labute approximate surface area is 287 Å². The van der Waals surface area contributed by atoms with E-state index < -0.39 is 5.41 Å². The summed E-state index contributed by atoms with van der Waals surface area (Å²) in [5.74, 6) is 0.676. The van der Waals surface area contributed by atoms with E-state index >= 15 is 0 Å². The molecule has 3 heterocycles. The third-order valence-electron chi connectivity index (χ3n) is 10.5. The molecule has 2 aliphatic rings. The molecule has 11 rings (SSSR count). The summed E-state index contributed by atoms with van der Waals surface area (Å²) in [4.78, 5) is 13.3. The average Bonchev–Trinajstić information content (AvgIpc) is 3.66. The molecule has 0 N–H and O–H groups in total. The Bertz CT molecular complexity index is 2770. The molecule has 0 unspecified atom stereocenters. The van der Waals surface area contributed by atoms with Crippen LogP contribution in [-0.4, -0.2) is 14.5 Å². The topological polar surface area (TPSA) is 30.7 Å². The van der Waals surface area contributed by atoms with E-state index in [2.05, 4.69) is 168 Å². The molecular weight excluding hydrogens is 615 g/mol. The predicted octanol–water partition coefficient (Wildman–Crippen LogP) is 11.2. The van der Waals surface area contributed by atoms with Gasteiger partial charge < -0.3 is 0 Å². The van der Waals surface area contributed by atoms with Gasteiger partial charge in [0.15, 0.2) is 0 Å². The molecule has 1 spiro atoms. The number of rotatable bonds is 2. The summed E-state index contributed by atoms with van der Waals surface area (Å²) in [6.07, 6.45) is 0. The van der Waals surface area contributed by atoms with Crippen molar-refractivity contribution in [3.05, 3.63) is 186 Å². The highest BCUT2D eigenvalue weighted by Gasteiger charge is 2.51. The number of para-hydroxylation sites is 2. The fraction of sp³-hybridized carbons (Fsp3) is 0.0222. The van der Waals surface area contributed by atoms with E-state index in [-0.39, 0.29) is 0 Å². The lowest BCUT2D eigenvalue weighted by molar-refractivity contribution is 0.723. The average molecular weight is 642 g/mol. The maximum Gasteiger partial charge on any atom is 0.235 e. The van der Waals surface area contributed by atoms with Crippen molar-refractivity contribution in [3.63, 3.8) is 0 Å². The minimum Gasteiger partial charge on any atom is -0.277 e. The van der Waals surface area contributed by atoms with Gasteiger partial charge in [-0.3, -0.25) is 4.57 Å². The van der Waals surface area contributed by atoms with Crippen molar-refractivity contribution in [1.29, 1.82) is 0 Å². The van der Waals surface area contributed by atoms with Gasteiger partial charge in [-0.1, -0.05) is 151 Å². The summed E-state index contributed by atoms with van der Waals surface area (Å²) in [6.45, 7) is 0. The number of hydrogen-bond acceptors (Lipinski definition) is 3. The summed E-state index contributed by atoms with van der Waals surface area (Å²) in [5.41, 5.74) is 12.5. The Balaban J connectivity index is 1.33. The molecule has 0 fully saturated rings. The van der Waals surface area contributed by atoms with Crippen LogP contribution in [0.1, 0.15) is 22.3 Å². The van der Waals surface area contributed by atoms with Crippen LogP contribution in [0.3, 0.4) is 0 Å². The second-order valence-corrected chi connectivity index (χ2v) is 14.0. The molecule has 7 aromatic carbocycles. The lowest BCUT2D eigenvalue weighted by atomic mass is 9.67. The van der Waals surface area contributed by atoms with Gasteiger partial charge >= 0.3 is 0 Å². The van der Waals surface area contributed by atoms with Crippen molar-refractivity contribution < 1.29 is 0 Å². The number of aromatic nitrogens is 3. The Kier molecular flexibility index (Phi) is 5.53. The molecule has 0 bridgehead atoms. The molecule has 1 aliphatic heterocycles. The summed E-state index contributed by atoms with van der Waals surface area (Å²) in [7, 11) is 0. The second-order valence-electron chi connectivity index (χ2n) is 12.9. The monoisotopic (exact) mass is 641 g/mol. The molecule has 228 valence electrons. The zero-order valence-corrected chi connectivity index (χ0v) is 27.2. The van der Waals surface area contributed by atoms with Crippen LogP contribution < -0.4 is 0 Å². The van der Waals surface area contributed by atoms with E-state index in [9.17, 15) is 0 Å². The molecule has 0 atom stereocenters. The summed E-state index contributed by atoms with van der Waals surface area (Å²) in [5, 5.41) is 3.43. The number of hydrogen-bond donors (Lipinski definition) is 0. The van der Waals surface area contributed by atoms with Crippen molar-refractivity contribution in [1.82, 2.24) is 14.5 Å². The van der Waals surface area contributed by atoms with Gasteiger partial charge in [-0.2, -0.15) is 0 Å². The molecule has 0 radical (unpaired) electrons. The Morgan fingerprint density at radius 1 is 0.469 bits per heavy atom. The van der Waals surface area contributed by atoms with Gasteiger partial charge in [0, 0.05) is 37.1 Å². The highest BCUT2D eigenvalue weighted by Crippen LogP contribution is 2.63. The first kappa shape index (κ1) is 27.0. The molecule has 0 saturated heterocycles. The second kappa shape index (κ2) is 10.0. The van der Waals surface area contributed by atoms with Crippen LogP contribution >= 0.6 is 11.8 Å². The fourth-order valence-corrected chi connectivity index (χ4v) is 9.77. The van der Waals surface area contributed by atoms with Gasteiger partial charge in [-0.25, -0.2) is 9.97 Å². The SMILES string of the molecule is c1ccc(-c2nc(-n3c4ccccc4c4ccc5c(c43)-c3ccccc3C53c4ccccc4Sc4ccccc43)nc3ccccc23)cc1. The van der Waals surface area contributed by atoms with E-state index in [1.165, 1.54) is 53.9 Å². The van der Waals surface area contributed by atoms with Crippen molar-refractivity contribution >= 4 is 44.5 Å². The van der Waals surface area contributed by atoms with E-state index in [1.54, 1.807) is 0 Å². The van der Waals surface area contributed by atoms with Crippen LogP contribution in [0.15, 0.2) is 174 Å². The zero-order chi connectivity index (χ0) is 32.1. The van der Waals surface area contributed by atoms with Gasteiger partial charge in [0.1, 0.15) is 0 Å². The minimum absolute atomic E-state index is 0.459. The van der Waals surface area contributed by atoms with Crippen molar-refractivity contribution in [2.45, 2.75) is 15.2 Å². The normalized spacial score (nSPS) is 13.8. The lowest BCUT2D eigenvalue weighted by Crippen LogP contribution is -2.31. The van der Waals surface area contributed by atoms with Crippen molar-refractivity contribution in [2.24, 2.45) is 0 Å². The largest absolute Gasteiger partial charge is 0.277 e. The Morgan fingerprint density at radius 2 is 1.10 bits per heavy atom. The van der Waals surface area contributed by atoms with Crippen LogP contribution in [0.2, 0.25) is 0 Å². The third-order valence-corrected chi connectivity index (χ3v) is 11.6. The molecule has 9 aromatic rings. The lowest BCUT2D eigenvalue weighted by Gasteiger charge is -2.39. The molecule has 0 saturated carbocycles. The summed E-state index contributed by atoms with van der Waals surface area (Å²) in [6, 6.07) is 59.3. The minimum atomic E-state index is -0.459. The van der Waals surface area contributed by atoms with Gasteiger partial charge in [0.05, 0.1) is 27.7 Å². The first-order chi connectivity index (χ1) is 24.3. The predicted molar refractivity (Wildman–Crippen MR) is 201 cm³/mol. The van der Waals surface area contributed by atoms with Crippen LogP contribution in [0.5, 0.6) is 0 Å². The van der Waals surface area contributed by atoms with Crippen LogP contribution in [0.4, 0.5) is 0 Å². The molecule has 2 aromatic heterocycles. The smallest absolute Gasteiger partial charge is 0.235 e. The van der Waals surface area contributed by atoms with Crippen LogP contribution in [0.25, 0.3) is 61.0 Å². The van der Waals surface area contributed by atoms with E-state index in [4.69, 9.17) is 9.97 Å². The molecule has 0 amide bonds. The molecule has 4 heteroatoms. The Morgan fingerprint density at radius 3 is 1.90 bits per heavy atom.